The maximum atomic E-state index is 10.7. The molecule has 1 aromatic heterocycles. The van der Waals surface area contributed by atoms with Gasteiger partial charge in [0.15, 0.2) is 6.54 Å². The van der Waals surface area contributed by atoms with Crippen molar-refractivity contribution in [2.45, 2.75) is 11.6 Å². The summed E-state index contributed by atoms with van der Waals surface area (Å²) >= 11 is 1.53. The molecular weight excluding hydrogens is 140 g/mol. The Bertz CT molecular complexity index is 276. The highest BCUT2D eigenvalue weighted by atomic mass is 32.2. The van der Waals surface area contributed by atoms with Crippen molar-refractivity contribution in [3.05, 3.63) is 10.4 Å². The summed E-state index contributed by atoms with van der Waals surface area (Å²) < 4.78 is 6.21. The van der Waals surface area contributed by atoms with Crippen LogP contribution in [-0.2, 0) is 6.54 Å². The molecule has 1 aromatic rings. The molecule has 0 radical (unpaired) electrons. The first-order chi connectivity index (χ1) is 4.38. The van der Waals surface area contributed by atoms with Gasteiger partial charge < -0.3 is 0 Å². The minimum absolute atomic E-state index is 0.252. The number of aryl methyl sites for hydroxylation is 1. The standard InChI is InChI=1S/C4H4N2O2S/c7-4-3-6(5-8-4)1-2-9-3/h1-2H2/p+1. The summed E-state index contributed by atoms with van der Waals surface area (Å²) in [5, 5.41) is 3.18. The highest BCUT2D eigenvalue weighted by Crippen LogP contribution is 2.12. The Labute approximate surface area is 54.8 Å². The van der Waals surface area contributed by atoms with Crippen molar-refractivity contribution in [2.75, 3.05) is 5.75 Å². The highest BCUT2D eigenvalue weighted by Gasteiger charge is 2.27. The van der Waals surface area contributed by atoms with Gasteiger partial charge in [-0.1, -0.05) is 4.68 Å². The molecule has 1 N–H and O–H groups in total. The van der Waals surface area contributed by atoms with E-state index in [1.54, 1.807) is 4.68 Å². The van der Waals surface area contributed by atoms with E-state index in [9.17, 15) is 4.79 Å². The summed E-state index contributed by atoms with van der Waals surface area (Å²) in [7, 11) is 0. The number of nitrogens with zero attached hydrogens (tertiary/aromatic N) is 1. The van der Waals surface area contributed by atoms with Gasteiger partial charge in [-0.25, -0.2) is 4.79 Å². The Morgan fingerprint density at radius 1 is 1.78 bits per heavy atom. The molecule has 1 aliphatic heterocycles. The van der Waals surface area contributed by atoms with E-state index in [1.165, 1.54) is 11.8 Å². The quantitative estimate of drug-likeness (QED) is 0.494. The number of nitrogens with one attached hydrogen (secondary N) is 1. The van der Waals surface area contributed by atoms with Crippen LogP contribution in [0.5, 0.6) is 0 Å². The summed E-state index contributed by atoms with van der Waals surface area (Å²) in [6, 6.07) is 0. The molecule has 0 saturated carbocycles. The van der Waals surface area contributed by atoms with Crippen molar-refractivity contribution in [3.63, 3.8) is 0 Å². The number of H-pyrrole nitrogens is 1. The van der Waals surface area contributed by atoms with Gasteiger partial charge in [-0.2, -0.15) is 0 Å². The largest absolute Gasteiger partial charge is 0.441 e. The van der Waals surface area contributed by atoms with Gasteiger partial charge in [0.1, 0.15) is 0 Å². The number of hydrogen-bond acceptors (Lipinski definition) is 3. The Morgan fingerprint density at radius 2 is 2.67 bits per heavy atom. The van der Waals surface area contributed by atoms with Crippen LogP contribution < -0.4 is 10.3 Å². The molecule has 0 saturated heterocycles. The third kappa shape index (κ3) is 0.610. The van der Waals surface area contributed by atoms with Crippen LogP contribution in [0.2, 0.25) is 0 Å². The van der Waals surface area contributed by atoms with Gasteiger partial charge in [0.25, 0.3) is 0 Å². The van der Waals surface area contributed by atoms with Crippen LogP contribution in [0.3, 0.4) is 0 Å². The van der Waals surface area contributed by atoms with E-state index in [4.69, 9.17) is 0 Å². The molecule has 0 aliphatic carbocycles. The monoisotopic (exact) mass is 145 g/mol. The lowest BCUT2D eigenvalue weighted by Crippen LogP contribution is -2.34. The first-order valence-corrected chi connectivity index (χ1v) is 3.60. The predicted octanol–water partition coefficient (Wildman–Crippen LogP) is -0.639. The van der Waals surface area contributed by atoms with Crippen LogP contribution in [0.25, 0.3) is 0 Å². The van der Waals surface area contributed by atoms with Crippen molar-refractivity contribution in [3.8, 4) is 0 Å². The zero-order valence-corrected chi connectivity index (χ0v) is 5.40. The Kier molecular flexibility index (Phi) is 0.926. The van der Waals surface area contributed by atoms with Gasteiger partial charge in [-0.05, 0) is 17.0 Å². The lowest BCUT2D eigenvalue weighted by Gasteiger charge is -1.70. The zero-order valence-electron chi connectivity index (χ0n) is 4.59. The number of aromatic amines is 1. The van der Waals surface area contributed by atoms with Gasteiger partial charge in [-0.3, -0.25) is 4.52 Å². The first-order valence-electron chi connectivity index (χ1n) is 2.62. The van der Waals surface area contributed by atoms with E-state index >= 15 is 0 Å². The van der Waals surface area contributed by atoms with Gasteiger partial charge in [-0.15, -0.1) is 0 Å². The fourth-order valence-corrected chi connectivity index (χ4v) is 1.72. The molecular formula is C4H5N2O2S+. The van der Waals surface area contributed by atoms with Crippen molar-refractivity contribution in [2.24, 2.45) is 0 Å². The molecule has 0 unspecified atom stereocenters. The van der Waals surface area contributed by atoms with Gasteiger partial charge in [0.05, 0.1) is 5.75 Å². The number of rotatable bonds is 0. The van der Waals surface area contributed by atoms with Crippen LogP contribution in [0.1, 0.15) is 0 Å². The smallest absolute Gasteiger partial charge is 0.282 e. The second-order valence-corrected chi connectivity index (χ2v) is 2.87. The topological polar surface area (TPSA) is 49.9 Å². The molecule has 48 valence electrons. The fraction of sp³-hybridized carbons (Fsp3) is 0.500. The average Bonchev–Trinajstić information content (AvgIpc) is 2.35. The third-order valence-corrected chi connectivity index (χ3v) is 2.27. The molecule has 0 atom stereocenters. The lowest BCUT2D eigenvalue weighted by molar-refractivity contribution is -0.785. The van der Waals surface area contributed by atoms with Crippen molar-refractivity contribution >= 4 is 11.8 Å². The third-order valence-electron chi connectivity index (χ3n) is 1.22. The minimum atomic E-state index is -0.252. The van der Waals surface area contributed by atoms with Gasteiger partial charge in [0, 0.05) is 0 Å². The maximum Gasteiger partial charge on any atom is 0.441 e. The van der Waals surface area contributed by atoms with Crippen LogP contribution in [0, 0.1) is 0 Å². The first kappa shape index (κ1) is 5.10. The van der Waals surface area contributed by atoms with Crippen molar-refractivity contribution in [1.82, 2.24) is 5.27 Å². The molecule has 0 fully saturated rings. The van der Waals surface area contributed by atoms with E-state index in [0.29, 0.717) is 5.03 Å². The number of fused-ring (bicyclic) bond motifs is 1. The van der Waals surface area contributed by atoms with E-state index in [2.05, 4.69) is 9.79 Å². The van der Waals surface area contributed by atoms with Crippen LogP contribution >= 0.6 is 11.8 Å². The molecule has 2 rings (SSSR count). The normalized spacial score (nSPS) is 16.0. The molecule has 5 heteroatoms. The number of hydrogen-bond donors (Lipinski definition) is 1. The summed E-state index contributed by atoms with van der Waals surface area (Å²) in [4.78, 5) is 10.7. The van der Waals surface area contributed by atoms with Gasteiger partial charge >= 0.3 is 10.7 Å². The average molecular weight is 145 g/mol. The summed E-state index contributed by atoms with van der Waals surface area (Å²) in [6.07, 6.45) is 0. The molecule has 0 aromatic carbocycles. The van der Waals surface area contributed by atoms with Crippen LogP contribution in [0.4, 0.5) is 0 Å². The van der Waals surface area contributed by atoms with E-state index in [0.717, 1.165) is 12.3 Å². The minimum Gasteiger partial charge on any atom is -0.282 e. The molecule has 0 bridgehead atoms. The van der Waals surface area contributed by atoms with Crippen LogP contribution in [0.15, 0.2) is 14.3 Å². The molecule has 4 nitrogen and oxygen atoms in total. The van der Waals surface area contributed by atoms with Crippen LogP contribution in [-0.4, -0.2) is 11.0 Å². The highest BCUT2D eigenvalue weighted by molar-refractivity contribution is 7.99. The van der Waals surface area contributed by atoms with Crippen molar-refractivity contribution < 1.29 is 9.20 Å². The Morgan fingerprint density at radius 3 is 3.44 bits per heavy atom. The fourth-order valence-electron chi connectivity index (χ4n) is 0.809. The molecule has 2 heterocycles. The van der Waals surface area contributed by atoms with Crippen molar-refractivity contribution in [1.29, 1.82) is 0 Å². The molecule has 1 aliphatic rings. The molecule has 0 amide bonds. The van der Waals surface area contributed by atoms with Gasteiger partial charge in [0.2, 0.25) is 0 Å². The number of thioether (sulfide) groups is 1. The summed E-state index contributed by atoms with van der Waals surface area (Å²) in [6.45, 7) is 0.853. The summed E-state index contributed by atoms with van der Waals surface area (Å²) in [5.41, 5.74) is -0.252. The SMILES string of the molecule is O=c1o[nH][n+]2c1SCC2. The molecule has 9 heavy (non-hydrogen) atoms. The lowest BCUT2D eigenvalue weighted by atomic mass is 10.7. The molecule has 0 spiro atoms. The second kappa shape index (κ2) is 1.63. The zero-order chi connectivity index (χ0) is 6.27. The Balaban J connectivity index is 2.70. The van der Waals surface area contributed by atoms with E-state index in [1.807, 2.05) is 0 Å². The Hall–Kier alpha value is -0.710. The summed E-state index contributed by atoms with van der Waals surface area (Å²) in [5.74, 6) is 0.970. The predicted molar refractivity (Wildman–Crippen MR) is 30.2 cm³/mol. The maximum absolute atomic E-state index is 10.7. The second-order valence-electron chi connectivity index (χ2n) is 1.79. The van der Waals surface area contributed by atoms with E-state index < -0.39 is 0 Å². The van der Waals surface area contributed by atoms with E-state index in [-0.39, 0.29) is 5.63 Å². The number of aromatic nitrogens is 2.